The Hall–Kier alpha value is -0.950. The lowest BCUT2D eigenvalue weighted by Gasteiger charge is -2.22. The molecule has 2 rings (SSSR count). The number of hydrogen-bond donors (Lipinski definition) is 2. The van der Waals surface area contributed by atoms with Crippen LogP contribution >= 0.6 is 27.5 Å². The molecule has 0 aliphatic rings. The summed E-state index contributed by atoms with van der Waals surface area (Å²) in [6.07, 6.45) is 1.66. The average Bonchev–Trinajstić information content (AvgIpc) is 2.76. The molecule has 3 N–H and O–H groups in total. The number of aromatic nitrogens is 2. The maximum absolute atomic E-state index is 14.1. The summed E-state index contributed by atoms with van der Waals surface area (Å²) in [6.45, 7) is 3.97. The van der Waals surface area contributed by atoms with Crippen LogP contribution in [0, 0.1) is 5.82 Å². The third-order valence-electron chi connectivity index (χ3n) is 3.00. The molecule has 0 radical (unpaired) electrons. The third kappa shape index (κ3) is 2.74. The highest BCUT2D eigenvalue weighted by atomic mass is 79.9. The van der Waals surface area contributed by atoms with Gasteiger partial charge >= 0.3 is 0 Å². The van der Waals surface area contributed by atoms with Crippen LogP contribution in [0.15, 0.2) is 28.9 Å². The summed E-state index contributed by atoms with van der Waals surface area (Å²) in [5.41, 5.74) is 3.66. The minimum Gasteiger partial charge on any atom is -0.271 e. The smallest absolute Gasteiger partial charge is 0.129 e. The monoisotopic (exact) mass is 360 g/mol. The SMILES string of the molecule is CC(C)n1ncc(Br)c1C(NN)c1c(F)cccc1Cl. The molecule has 0 aliphatic carbocycles. The zero-order chi connectivity index (χ0) is 14.9. The normalized spacial score (nSPS) is 12.9. The highest BCUT2D eigenvalue weighted by molar-refractivity contribution is 9.10. The van der Waals surface area contributed by atoms with E-state index in [2.05, 4.69) is 26.5 Å². The minimum absolute atomic E-state index is 0.109. The van der Waals surface area contributed by atoms with Gasteiger partial charge in [-0.2, -0.15) is 5.10 Å². The Kier molecular flexibility index (Phi) is 4.80. The predicted molar refractivity (Wildman–Crippen MR) is 80.9 cm³/mol. The van der Waals surface area contributed by atoms with E-state index >= 15 is 0 Å². The first-order valence-corrected chi connectivity index (χ1v) is 7.27. The van der Waals surface area contributed by atoms with Gasteiger partial charge in [-0.3, -0.25) is 10.5 Å². The Morgan fingerprint density at radius 1 is 1.45 bits per heavy atom. The first-order chi connectivity index (χ1) is 9.47. The number of nitrogens with one attached hydrogen (secondary N) is 1. The van der Waals surface area contributed by atoms with E-state index in [4.69, 9.17) is 17.4 Å². The molecule has 0 saturated carbocycles. The molecule has 2 aromatic rings. The largest absolute Gasteiger partial charge is 0.271 e. The number of nitrogens with two attached hydrogens (primary N) is 1. The van der Waals surface area contributed by atoms with Crippen LogP contribution < -0.4 is 11.3 Å². The van der Waals surface area contributed by atoms with Crippen LogP contribution in [0.1, 0.15) is 37.2 Å². The molecular weight excluding hydrogens is 347 g/mol. The van der Waals surface area contributed by atoms with Gasteiger partial charge in [0.1, 0.15) is 5.82 Å². The Bertz CT molecular complexity index is 594. The lowest BCUT2D eigenvalue weighted by atomic mass is 10.0. The molecule has 108 valence electrons. The molecule has 1 aromatic heterocycles. The van der Waals surface area contributed by atoms with Gasteiger partial charge in [-0.15, -0.1) is 0 Å². The van der Waals surface area contributed by atoms with E-state index in [-0.39, 0.29) is 6.04 Å². The van der Waals surface area contributed by atoms with Crippen molar-refractivity contribution in [3.05, 3.63) is 51.0 Å². The molecule has 0 aliphatic heterocycles. The maximum Gasteiger partial charge on any atom is 0.129 e. The fourth-order valence-corrected chi connectivity index (χ4v) is 2.89. The lowest BCUT2D eigenvalue weighted by Crippen LogP contribution is -2.32. The molecule has 0 saturated heterocycles. The topological polar surface area (TPSA) is 55.9 Å². The van der Waals surface area contributed by atoms with Crippen molar-refractivity contribution in [2.24, 2.45) is 5.84 Å². The summed E-state index contributed by atoms with van der Waals surface area (Å²) in [5.74, 6) is 5.22. The minimum atomic E-state index is -0.594. The lowest BCUT2D eigenvalue weighted by molar-refractivity contribution is 0.466. The van der Waals surface area contributed by atoms with Crippen molar-refractivity contribution in [3.63, 3.8) is 0 Å². The second-order valence-electron chi connectivity index (χ2n) is 4.65. The maximum atomic E-state index is 14.1. The molecule has 0 bridgehead atoms. The number of benzene rings is 1. The summed E-state index contributed by atoms with van der Waals surface area (Å²) in [6, 6.07) is 4.06. The quantitative estimate of drug-likeness (QED) is 0.646. The van der Waals surface area contributed by atoms with Crippen molar-refractivity contribution in [1.82, 2.24) is 15.2 Å². The number of rotatable bonds is 4. The predicted octanol–water partition coefficient (Wildman–Crippen LogP) is 3.57. The second kappa shape index (κ2) is 6.22. The number of hydrogen-bond acceptors (Lipinski definition) is 3. The van der Waals surface area contributed by atoms with Gasteiger partial charge in [-0.25, -0.2) is 9.82 Å². The first kappa shape index (κ1) is 15.4. The second-order valence-corrected chi connectivity index (χ2v) is 5.91. The zero-order valence-corrected chi connectivity index (χ0v) is 13.4. The molecule has 1 atom stereocenters. The van der Waals surface area contributed by atoms with Crippen LogP contribution in [0.2, 0.25) is 5.02 Å². The van der Waals surface area contributed by atoms with Gasteiger partial charge in [0.05, 0.1) is 22.4 Å². The summed E-state index contributed by atoms with van der Waals surface area (Å²) in [4.78, 5) is 0. The van der Waals surface area contributed by atoms with Gasteiger partial charge in [-0.05, 0) is 41.9 Å². The Morgan fingerprint density at radius 2 is 2.15 bits per heavy atom. The van der Waals surface area contributed by atoms with Gasteiger partial charge in [0, 0.05) is 16.6 Å². The third-order valence-corrected chi connectivity index (χ3v) is 3.95. The van der Waals surface area contributed by atoms with Crippen LogP contribution in [-0.2, 0) is 0 Å². The van der Waals surface area contributed by atoms with Crippen molar-refractivity contribution < 1.29 is 4.39 Å². The molecule has 0 spiro atoms. The zero-order valence-electron chi connectivity index (χ0n) is 11.1. The van der Waals surface area contributed by atoms with Crippen molar-refractivity contribution >= 4 is 27.5 Å². The molecule has 1 unspecified atom stereocenters. The van der Waals surface area contributed by atoms with E-state index in [0.717, 1.165) is 10.2 Å². The van der Waals surface area contributed by atoms with E-state index in [0.29, 0.717) is 10.6 Å². The molecule has 7 heteroatoms. The Labute approximate surface area is 130 Å². The fraction of sp³-hybridized carbons (Fsp3) is 0.308. The van der Waals surface area contributed by atoms with Crippen molar-refractivity contribution in [2.75, 3.05) is 0 Å². The van der Waals surface area contributed by atoms with E-state index in [1.165, 1.54) is 6.07 Å². The fourth-order valence-electron chi connectivity index (χ4n) is 2.12. The molecule has 1 heterocycles. The van der Waals surface area contributed by atoms with Gasteiger partial charge < -0.3 is 0 Å². The van der Waals surface area contributed by atoms with E-state index < -0.39 is 11.9 Å². The molecule has 0 amide bonds. The molecule has 4 nitrogen and oxygen atoms in total. The van der Waals surface area contributed by atoms with Gasteiger partial charge in [0.15, 0.2) is 0 Å². The average molecular weight is 362 g/mol. The van der Waals surface area contributed by atoms with E-state index in [1.807, 2.05) is 13.8 Å². The van der Waals surface area contributed by atoms with E-state index in [1.54, 1.807) is 23.0 Å². The number of nitrogens with zero attached hydrogens (tertiary/aromatic N) is 2. The van der Waals surface area contributed by atoms with Crippen molar-refractivity contribution in [2.45, 2.75) is 25.9 Å². The standard InChI is InChI=1S/C13H15BrClFN4/c1-7(2)20-13(8(14)6-18-20)12(19-17)11-9(15)4-3-5-10(11)16/h3-7,12,19H,17H2,1-2H3. The molecule has 1 aromatic carbocycles. The van der Waals surface area contributed by atoms with Crippen LogP contribution in [0.4, 0.5) is 4.39 Å². The summed E-state index contributed by atoms with van der Waals surface area (Å²) in [5, 5.41) is 4.59. The number of halogens is 3. The highest BCUT2D eigenvalue weighted by Crippen LogP contribution is 2.34. The summed E-state index contributed by atoms with van der Waals surface area (Å²) >= 11 is 9.55. The first-order valence-electron chi connectivity index (χ1n) is 6.10. The summed E-state index contributed by atoms with van der Waals surface area (Å²) in [7, 11) is 0. The Morgan fingerprint density at radius 3 is 2.70 bits per heavy atom. The van der Waals surface area contributed by atoms with Crippen LogP contribution in [0.25, 0.3) is 0 Å². The Balaban J connectivity index is 2.62. The van der Waals surface area contributed by atoms with Gasteiger partial charge in [-0.1, -0.05) is 17.7 Å². The molecule has 20 heavy (non-hydrogen) atoms. The van der Waals surface area contributed by atoms with Crippen molar-refractivity contribution in [1.29, 1.82) is 0 Å². The number of hydrazine groups is 1. The molecule has 0 fully saturated rings. The van der Waals surface area contributed by atoms with Crippen LogP contribution in [0.5, 0.6) is 0 Å². The van der Waals surface area contributed by atoms with Crippen LogP contribution in [-0.4, -0.2) is 9.78 Å². The van der Waals surface area contributed by atoms with Gasteiger partial charge in [0.25, 0.3) is 0 Å². The van der Waals surface area contributed by atoms with Crippen LogP contribution in [0.3, 0.4) is 0 Å². The van der Waals surface area contributed by atoms with E-state index in [9.17, 15) is 4.39 Å². The summed E-state index contributed by atoms with van der Waals surface area (Å²) < 4.78 is 16.6. The molecular formula is C13H15BrClFN4. The van der Waals surface area contributed by atoms with Crippen molar-refractivity contribution in [3.8, 4) is 0 Å². The highest BCUT2D eigenvalue weighted by Gasteiger charge is 2.26. The van der Waals surface area contributed by atoms with Gasteiger partial charge in [0.2, 0.25) is 0 Å².